The number of rotatable bonds is 1. The van der Waals surface area contributed by atoms with Crippen LogP contribution in [-0.4, -0.2) is 8.76 Å². The smallest absolute Gasteiger partial charge is 0.0327 e. The van der Waals surface area contributed by atoms with E-state index < -0.39 is 11.1 Å². The molecule has 0 spiro atoms. The molecule has 2 nitrogen and oxygen atoms in total. The first kappa shape index (κ1) is 9.83. The lowest BCUT2D eigenvalue weighted by Gasteiger charge is -2.09. The maximum Gasteiger partial charge on any atom is 0.0327 e. The molecule has 0 heterocycles. The minimum absolute atomic E-state index is 0.337. The van der Waals surface area contributed by atoms with Crippen molar-refractivity contribution in [1.29, 1.82) is 0 Å². The van der Waals surface area contributed by atoms with Crippen LogP contribution in [0.5, 0.6) is 0 Å². The van der Waals surface area contributed by atoms with Crippen molar-refractivity contribution >= 4 is 37.8 Å². The van der Waals surface area contributed by atoms with Crippen molar-refractivity contribution in [2.45, 2.75) is 4.90 Å². The van der Waals surface area contributed by atoms with Gasteiger partial charge in [0.1, 0.15) is 0 Å². The molecule has 2 aromatic carbocycles. The van der Waals surface area contributed by atoms with Crippen LogP contribution in [0.25, 0.3) is 10.8 Å². The Labute approximate surface area is 92.4 Å². The van der Waals surface area contributed by atoms with Crippen molar-refractivity contribution < 1.29 is 8.76 Å². The van der Waals surface area contributed by atoms with Crippen LogP contribution in [0, 0.1) is 0 Å². The molecule has 0 bridgehead atoms. The molecular formula is C10H6BrO2S-. The van der Waals surface area contributed by atoms with Crippen molar-refractivity contribution in [3.8, 4) is 0 Å². The van der Waals surface area contributed by atoms with Gasteiger partial charge in [-0.25, -0.2) is 0 Å². The summed E-state index contributed by atoms with van der Waals surface area (Å²) in [7, 11) is 0. The summed E-state index contributed by atoms with van der Waals surface area (Å²) in [5, 5.41) is 1.66. The van der Waals surface area contributed by atoms with E-state index in [1.165, 1.54) is 0 Å². The van der Waals surface area contributed by atoms with Gasteiger partial charge in [0.05, 0.1) is 0 Å². The number of benzene rings is 2. The molecule has 0 aromatic heterocycles. The molecule has 0 aliphatic rings. The molecule has 0 N–H and O–H groups in total. The monoisotopic (exact) mass is 269 g/mol. The first-order valence-corrected chi connectivity index (χ1v) is 5.83. The van der Waals surface area contributed by atoms with Crippen LogP contribution in [0.4, 0.5) is 0 Å². The lowest BCUT2D eigenvalue weighted by Crippen LogP contribution is -1.90. The van der Waals surface area contributed by atoms with Crippen LogP contribution >= 0.6 is 15.9 Å². The summed E-state index contributed by atoms with van der Waals surface area (Å²) < 4.78 is 22.7. The Morgan fingerprint density at radius 3 is 2.36 bits per heavy atom. The van der Waals surface area contributed by atoms with Gasteiger partial charge >= 0.3 is 0 Å². The summed E-state index contributed by atoms with van der Waals surface area (Å²) >= 11 is 1.20. The minimum Gasteiger partial charge on any atom is -0.768 e. The highest BCUT2D eigenvalue weighted by atomic mass is 79.9. The fraction of sp³-hybridized carbons (Fsp3) is 0. The van der Waals surface area contributed by atoms with Crippen molar-refractivity contribution in [3.63, 3.8) is 0 Å². The lowest BCUT2D eigenvalue weighted by molar-refractivity contribution is 0.538. The SMILES string of the molecule is O=S([O-])c1ccc(Br)c2ccccc12. The second-order valence-corrected chi connectivity index (χ2v) is 4.59. The Balaban J connectivity index is 2.88. The lowest BCUT2D eigenvalue weighted by atomic mass is 10.1. The van der Waals surface area contributed by atoms with E-state index in [0.29, 0.717) is 4.90 Å². The highest BCUT2D eigenvalue weighted by Crippen LogP contribution is 2.27. The van der Waals surface area contributed by atoms with Crippen LogP contribution in [0.3, 0.4) is 0 Å². The van der Waals surface area contributed by atoms with E-state index in [9.17, 15) is 8.76 Å². The predicted octanol–water partition coefficient (Wildman–Crippen LogP) is 2.84. The Hall–Kier alpha value is -0.710. The zero-order chi connectivity index (χ0) is 10.1. The minimum atomic E-state index is -2.18. The second kappa shape index (κ2) is 3.81. The van der Waals surface area contributed by atoms with Crippen LogP contribution in [-0.2, 0) is 11.1 Å². The molecule has 0 aliphatic heterocycles. The largest absolute Gasteiger partial charge is 0.768 e. The van der Waals surface area contributed by atoms with Gasteiger partial charge in [-0.1, -0.05) is 40.2 Å². The third kappa shape index (κ3) is 1.61. The molecule has 2 rings (SSSR count). The third-order valence-electron chi connectivity index (χ3n) is 2.01. The molecule has 0 saturated carbocycles. The van der Waals surface area contributed by atoms with E-state index in [1.54, 1.807) is 18.2 Å². The van der Waals surface area contributed by atoms with E-state index in [0.717, 1.165) is 15.2 Å². The summed E-state index contributed by atoms with van der Waals surface area (Å²) in [6.07, 6.45) is 0. The molecule has 0 fully saturated rings. The first-order chi connectivity index (χ1) is 6.70. The summed E-state index contributed by atoms with van der Waals surface area (Å²) in [5.74, 6) is 0. The Bertz CT molecular complexity index is 510. The number of halogens is 1. The quantitative estimate of drug-likeness (QED) is 0.747. The van der Waals surface area contributed by atoms with Crippen LogP contribution in [0.2, 0.25) is 0 Å². The molecule has 0 saturated heterocycles. The topological polar surface area (TPSA) is 40.1 Å². The predicted molar refractivity (Wildman–Crippen MR) is 58.8 cm³/mol. The molecule has 0 radical (unpaired) electrons. The van der Waals surface area contributed by atoms with Gasteiger partial charge in [0.2, 0.25) is 0 Å². The van der Waals surface area contributed by atoms with E-state index in [-0.39, 0.29) is 0 Å². The molecule has 1 unspecified atom stereocenters. The number of hydrogen-bond donors (Lipinski definition) is 0. The third-order valence-corrected chi connectivity index (χ3v) is 3.42. The van der Waals surface area contributed by atoms with Crippen molar-refractivity contribution in [2.24, 2.45) is 0 Å². The fourth-order valence-corrected chi connectivity index (χ4v) is 2.39. The Morgan fingerprint density at radius 2 is 1.71 bits per heavy atom. The Kier molecular flexibility index (Phi) is 2.67. The van der Waals surface area contributed by atoms with Crippen LogP contribution < -0.4 is 0 Å². The molecule has 4 heteroatoms. The van der Waals surface area contributed by atoms with Gasteiger partial charge in [0.15, 0.2) is 0 Å². The van der Waals surface area contributed by atoms with E-state index in [2.05, 4.69) is 15.9 Å². The summed E-state index contributed by atoms with van der Waals surface area (Å²) in [4.78, 5) is 0.337. The molecule has 2 aromatic rings. The van der Waals surface area contributed by atoms with Gasteiger partial charge in [0, 0.05) is 9.37 Å². The first-order valence-electron chi connectivity index (χ1n) is 3.96. The zero-order valence-electron chi connectivity index (χ0n) is 7.07. The van der Waals surface area contributed by atoms with Crippen LogP contribution in [0.1, 0.15) is 0 Å². The maximum absolute atomic E-state index is 10.9. The zero-order valence-corrected chi connectivity index (χ0v) is 9.47. The molecular weight excluding hydrogens is 264 g/mol. The molecule has 0 aliphatic carbocycles. The Morgan fingerprint density at radius 1 is 1.07 bits per heavy atom. The second-order valence-electron chi connectivity index (χ2n) is 2.83. The van der Waals surface area contributed by atoms with Gasteiger partial charge < -0.3 is 4.55 Å². The molecule has 0 amide bonds. The van der Waals surface area contributed by atoms with Gasteiger partial charge in [-0.15, -0.1) is 0 Å². The summed E-state index contributed by atoms with van der Waals surface area (Å²) in [6.45, 7) is 0. The fourth-order valence-electron chi connectivity index (χ4n) is 1.38. The van der Waals surface area contributed by atoms with Crippen LogP contribution in [0.15, 0.2) is 45.8 Å². The highest BCUT2D eigenvalue weighted by Gasteiger charge is 2.03. The molecule has 1 atom stereocenters. The molecule has 14 heavy (non-hydrogen) atoms. The van der Waals surface area contributed by atoms with Crippen molar-refractivity contribution in [2.75, 3.05) is 0 Å². The summed E-state index contributed by atoms with van der Waals surface area (Å²) in [5.41, 5.74) is 0. The van der Waals surface area contributed by atoms with Crippen molar-refractivity contribution in [3.05, 3.63) is 40.9 Å². The van der Waals surface area contributed by atoms with E-state index in [4.69, 9.17) is 0 Å². The van der Waals surface area contributed by atoms with Gasteiger partial charge in [0.25, 0.3) is 0 Å². The maximum atomic E-state index is 10.9. The van der Waals surface area contributed by atoms with Crippen molar-refractivity contribution in [1.82, 2.24) is 0 Å². The van der Waals surface area contributed by atoms with E-state index in [1.807, 2.05) is 18.2 Å². The summed E-state index contributed by atoms with van der Waals surface area (Å²) in [6, 6.07) is 10.7. The van der Waals surface area contributed by atoms with Gasteiger partial charge in [-0.05, 0) is 34.0 Å². The molecule has 72 valence electrons. The highest BCUT2D eigenvalue weighted by molar-refractivity contribution is 9.10. The number of fused-ring (bicyclic) bond motifs is 1. The average molecular weight is 270 g/mol. The van der Waals surface area contributed by atoms with Gasteiger partial charge in [-0.3, -0.25) is 4.21 Å². The normalized spacial score (nSPS) is 13.0. The average Bonchev–Trinajstić information content (AvgIpc) is 2.18. The van der Waals surface area contributed by atoms with Gasteiger partial charge in [-0.2, -0.15) is 0 Å². The number of hydrogen-bond acceptors (Lipinski definition) is 2. The standard InChI is InChI=1S/C10H7BrO2S/c11-9-5-6-10(14(12)13)8-4-2-1-3-7(8)9/h1-6H,(H,12,13)/p-1. The van der Waals surface area contributed by atoms with E-state index >= 15 is 0 Å².